The average Bonchev–Trinajstić information content (AvgIpc) is 2.77. The molecule has 3 aliphatic heterocycles. The molecule has 3 fully saturated rings. The van der Waals surface area contributed by atoms with E-state index in [4.69, 9.17) is 0 Å². The fraction of sp³-hybridized carbons (Fsp3) is 0.458. The first-order valence-corrected chi connectivity index (χ1v) is 10.7. The second-order valence-electron chi connectivity index (χ2n) is 8.69. The van der Waals surface area contributed by atoms with E-state index in [0.29, 0.717) is 35.8 Å². The van der Waals surface area contributed by atoms with Crippen LogP contribution in [0.3, 0.4) is 0 Å². The number of amides is 1. The Bertz CT molecular complexity index is 937. The van der Waals surface area contributed by atoms with Gasteiger partial charge in [0.05, 0.1) is 11.6 Å². The van der Waals surface area contributed by atoms with Crippen LogP contribution < -0.4 is 4.90 Å². The number of hydrogen-bond donors (Lipinski definition) is 0. The average molecular weight is 386 g/mol. The Hall–Kier alpha value is -2.87. The number of carbonyl (C=O) groups is 1. The van der Waals surface area contributed by atoms with E-state index in [1.807, 2.05) is 12.1 Å². The summed E-state index contributed by atoms with van der Waals surface area (Å²) in [6.45, 7) is 1.82. The molecule has 3 saturated heterocycles. The predicted molar refractivity (Wildman–Crippen MR) is 111 cm³/mol. The first-order chi connectivity index (χ1) is 14.2. The SMILES string of the molecule is N#Cc1ccnc(N2C[C@H]3C[C@@H](C2)[C@H](Cc2ccccc2)N2C(=O)CCC[C@@H]32)c1. The molecule has 4 heterocycles. The largest absolute Gasteiger partial charge is 0.356 e. The molecule has 0 radical (unpaired) electrons. The number of pyridine rings is 1. The Kier molecular flexibility index (Phi) is 4.71. The highest BCUT2D eigenvalue weighted by Crippen LogP contribution is 2.43. The Labute approximate surface area is 172 Å². The topological polar surface area (TPSA) is 60.2 Å². The van der Waals surface area contributed by atoms with Gasteiger partial charge in [-0.1, -0.05) is 30.3 Å². The van der Waals surface area contributed by atoms with Gasteiger partial charge in [-0.05, 0) is 55.2 Å². The maximum Gasteiger partial charge on any atom is 0.223 e. The lowest BCUT2D eigenvalue weighted by molar-refractivity contribution is -0.148. The maximum absolute atomic E-state index is 13.0. The Morgan fingerprint density at radius 1 is 1.14 bits per heavy atom. The quantitative estimate of drug-likeness (QED) is 0.811. The first kappa shape index (κ1) is 18.2. The Morgan fingerprint density at radius 2 is 1.97 bits per heavy atom. The maximum atomic E-state index is 13.0. The summed E-state index contributed by atoms with van der Waals surface area (Å²) in [5, 5.41) is 9.27. The molecular weight excluding hydrogens is 360 g/mol. The van der Waals surface area contributed by atoms with Crippen LogP contribution in [0.2, 0.25) is 0 Å². The van der Waals surface area contributed by atoms with E-state index in [1.165, 1.54) is 12.0 Å². The van der Waals surface area contributed by atoms with Crippen LogP contribution >= 0.6 is 0 Å². The lowest BCUT2D eigenvalue weighted by Crippen LogP contribution is -2.65. The van der Waals surface area contributed by atoms with Crippen molar-refractivity contribution in [3.8, 4) is 6.07 Å². The van der Waals surface area contributed by atoms with Crippen molar-refractivity contribution in [1.29, 1.82) is 5.26 Å². The minimum Gasteiger partial charge on any atom is -0.356 e. The molecule has 2 bridgehead atoms. The number of carbonyl (C=O) groups excluding carboxylic acids is 1. The first-order valence-electron chi connectivity index (χ1n) is 10.7. The molecule has 1 amide bonds. The van der Waals surface area contributed by atoms with Crippen molar-refractivity contribution < 1.29 is 4.79 Å². The van der Waals surface area contributed by atoms with Gasteiger partial charge in [0.15, 0.2) is 0 Å². The number of hydrogen-bond acceptors (Lipinski definition) is 4. The second-order valence-corrected chi connectivity index (χ2v) is 8.69. The number of aromatic nitrogens is 1. The highest BCUT2D eigenvalue weighted by atomic mass is 16.2. The summed E-state index contributed by atoms with van der Waals surface area (Å²) >= 11 is 0. The highest BCUT2D eigenvalue weighted by molar-refractivity contribution is 5.78. The van der Waals surface area contributed by atoms with E-state index in [-0.39, 0.29) is 6.04 Å². The number of benzene rings is 1. The summed E-state index contributed by atoms with van der Waals surface area (Å²) < 4.78 is 0. The summed E-state index contributed by atoms with van der Waals surface area (Å²) in [6, 6.07) is 17.0. The van der Waals surface area contributed by atoms with Crippen LogP contribution in [-0.2, 0) is 11.2 Å². The Balaban J connectivity index is 1.47. The van der Waals surface area contributed by atoms with Crippen LogP contribution in [0.15, 0.2) is 48.7 Å². The molecule has 3 aliphatic rings. The molecule has 1 aromatic heterocycles. The molecule has 29 heavy (non-hydrogen) atoms. The third kappa shape index (κ3) is 3.37. The summed E-state index contributed by atoms with van der Waals surface area (Å²) in [6.07, 6.45) is 6.63. The molecule has 1 aromatic carbocycles. The zero-order chi connectivity index (χ0) is 19.8. The lowest BCUT2D eigenvalue weighted by Gasteiger charge is -2.57. The molecule has 4 atom stereocenters. The summed E-state index contributed by atoms with van der Waals surface area (Å²) in [4.78, 5) is 22.1. The molecule has 0 spiro atoms. The summed E-state index contributed by atoms with van der Waals surface area (Å²) in [5.41, 5.74) is 1.95. The van der Waals surface area contributed by atoms with E-state index < -0.39 is 0 Å². The number of anilines is 1. The van der Waals surface area contributed by atoms with Gasteiger partial charge in [0, 0.05) is 37.8 Å². The number of nitriles is 1. The van der Waals surface area contributed by atoms with Gasteiger partial charge in [0.1, 0.15) is 5.82 Å². The molecular formula is C24H26N4O. The van der Waals surface area contributed by atoms with Gasteiger partial charge in [-0.15, -0.1) is 0 Å². The molecule has 0 unspecified atom stereocenters. The van der Waals surface area contributed by atoms with Crippen molar-refractivity contribution in [2.75, 3.05) is 18.0 Å². The standard InChI is InChI=1S/C24H26N4O/c25-14-18-9-10-26-23(12-18)27-15-19-13-20(16-27)22(11-17-5-2-1-3-6-17)28-21(19)7-4-8-24(28)29/h1-3,5-6,9-10,12,19-22H,4,7-8,11,13,15-16H2/t19-,20+,21+,22+/m1/s1. The zero-order valence-electron chi connectivity index (χ0n) is 16.6. The minimum atomic E-state index is 0.244. The molecule has 148 valence electrons. The van der Waals surface area contributed by atoms with Crippen molar-refractivity contribution in [2.45, 2.75) is 44.2 Å². The molecule has 5 heteroatoms. The number of nitrogens with zero attached hydrogens (tertiary/aromatic N) is 4. The van der Waals surface area contributed by atoms with Gasteiger partial charge in [0.2, 0.25) is 5.91 Å². The van der Waals surface area contributed by atoms with Crippen molar-refractivity contribution >= 4 is 11.7 Å². The summed E-state index contributed by atoms with van der Waals surface area (Å²) in [5.74, 6) is 2.15. The van der Waals surface area contributed by atoms with Crippen molar-refractivity contribution in [3.05, 3.63) is 59.8 Å². The fourth-order valence-electron chi connectivity index (χ4n) is 5.74. The van der Waals surface area contributed by atoms with Crippen LogP contribution in [0.25, 0.3) is 0 Å². The summed E-state index contributed by atoms with van der Waals surface area (Å²) in [7, 11) is 0. The molecule has 0 aliphatic carbocycles. The normalized spacial score (nSPS) is 28.6. The van der Waals surface area contributed by atoms with Crippen LogP contribution in [0.4, 0.5) is 5.82 Å². The fourth-order valence-corrected chi connectivity index (χ4v) is 5.74. The monoisotopic (exact) mass is 386 g/mol. The Morgan fingerprint density at radius 3 is 2.79 bits per heavy atom. The van der Waals surface area contributed by atoms with Crippen molar-refractivity contribution in [2.24, 2.45) is 11.8 Å². The lowest BCUT2D eigenvalue weighted by atomic mass is 9.70. The molecule has 2 aromatic rings. The van der Waals surface area contributed by atoms with Crippen LogP contribution in [0.1, 0.15) is 36.8 Å². The van der Waals surface area contributed by atoms with Gasteiger partial charge in [-0.2, -0.15) is 5.26 Å². The van der Waals surface area contributed by atoms with Gasteiger partial charge < -0.3 is 9.80 Å². The van der Waals surface area contributed by atoms with Crippen molar-refractivity contribution in [3.63, 3.8) is 0 Å². The van der Waals surface area contributed by atoms with Gasteiger partial charge in [-0.25, -0.2) is 4.98 Å². The van der Waals surface area contributed by atoms with Gasteiger partial charge in [0.25, 0.3) is 0 Å². The van der Waals surface area contributed by atoms with Gasteiger partial charge >= 0.3 is 0 Å². The molecule has 5 rings (SSSR count). The van der Waals surface area contributed by atoms with Crippen LogP contribution in [0.5, 0.6) is 0 Å². The number of rotatable bonds is 3. The molecule has 5 nitrogen and oxygen atoms in total. The number of piperidine rings is 3. The van der Waals surface area contributed by atoms with Gasteiger partial charge in [-0.3, -0.25) is 4.79 Å². The van der Waals surface area contributed by atoms with E-state index in [9.17, 15) is 10.1 Å². The third-order valence-electron chi connectivity index (χ3n) is 6.98. The number of fused-ring (bicyclic) bond motifs is 4. The second kappa shape index (κ2) is 7.51. The zero-order valence-corrected chi connectivity index (χ0v) is 16.6. The van der Waals surface area contributed by atoms with E-state index in [2.05, 4.69) is 45.1 Å². The third-order valence-corrected chi connectivity index (χ3v) is 6.98. The highest BCUT2D eigenvalue weighted by Gasteiger charge is 2.49. The minimum absolute atomic E-state index is 0.244. The predicted octanol–water partition coefficient (Wildman–Crippen LogP) is 3.40. The smallest absolute Gasteiger partial charge is 0.223 e. The molecule has 0 saturated carbocycles. The van der Waals surface area contributed by atoms with E-state index >= 15 is 0 Å². The van der Waals surface area contributed by atoms with Crippen molar-refractivity contribution in [1.82, 2.24) is 9.88 Å². The molecule has 0 N–H and O–H groups in total. The van der Waals surface area contributed by atoms with Crippen LogP contribution in [-0.4, -0.2) is 41.0 Å². The van der Waals surface area contributed by atoms with Crippen LogP contribution in [0, 0.1) is 23.2 Å². The van der Waals surface area contributed by atoms with E-state index in [0.717, 1.165) is 38.2 Å². The van der Waals surface area contributed by atoms with E-state index in [1.54, 1.807) is 12.3 Å².